The van der Waals surface area contributed by atoms with E-state index in [1.54, 1.807) is 12.1 Å². The summed E-state index contributed by atoms with van der Waals surface area (Å²) in [6.07, 6.45) is 1.47. The molecular formula is C18H14ClFN4O. The number of amides is 1. The molecule has 0 aliphatic heterocycles. The Balaban J connectivity index is 1.68. The van der Waals surface area contributed by atoms with Crippen molar-refractivity contribution < 1.29 is 9.18 Å². The number of anilines is 2. The van der Waals surface area contributed by atoms with E-state index >= 15 is 0 Å². The molecule has 0 aliphatic carbocycles. The van der Waals surface area contributed by atoms with Crippen molar-refractivity contribution in [2.45, 2.75) is 6.54 Å². The summed E-state index contributed by atoms with van der Waals surface area (Å²) >= 11 is 6.10. The lowest BCUT2D eigenvalue weighted by atomic mass is 10.2. The van der Waals surface area contributed by atoms with Gasteiger partial charge in [0.05, 0.1) is 0 Å². The molecule has 7 heteroatoms. The Morgan fingerprint density at radius 2 is 1.96 bits per heavy atom. The van der Waals surface area contributed by atoms with E-state index < -0.39 is 11.7 Å². The number of hydrogen-bond acceptors (Lipinski definition) is 4. The number of nitrogens with zero attached hydrogens (tertiary/aromatic N) is 2. The van der Waals surface area contributed by atoms with E-state index in [4.69, 9.17) is 11.6 Å². The maximum atomic E-state index is 13.2. The third-order valence-electron chi connectivity index (χ3n) is 3.37. The third-order valence-corrected chi connectivity index (χ3v) is 3.73. The smallest absolute Gasteiger partial charge is 0.274 e. The van der Waals surface area contributed by atoms with Gasteiger partial charge in [0.15, 0.2) is 0 Å². The summed E-state index contributed by atoms with van der Waals surface area (Å²) in [6.45, 7) is 0.425. The normalized spacial score (nSPS) is 10.3. The van der Waals surface area contributed by atoms with Crippen LogP contribution in [0.15, 0.2) is 60.8 Å². The lowest BCUT2D eigenvalue weighted by Crippen LogP contribution is -2.15. The molecule has 0 saturated carbocycles. The maximum absolute atomic E-state index is 13.2. The molecule has 0 bridgehead atoms. The van der Waals surface area contributed by atoms with Crippen LogP contribution in [0.1, 0.15) is 16.1 Å². The number of rotatable bonds is 5. The molecule has 126 valence electrons. The second kappa shape index (κ2) is 7.72. The summed E-state index contributed by atoms with van der Waals surface area (Å²) in [5.41, 5.74) is 1.41. The summed E-state index contributed by atoms with van der Waals surface area (Å²) in [5.74, 6) is -0.580. The van der Waals surface area contributed by atoms with E-state index in [-0.39, 0.29) is 5.69 Å². The molecule has 25 heavy (non-hydrogen) atoms. The quantitative estimate of drug-likeness (QED) is 0.721. The minimum absolute atomic E-state index is 0.168. The lowest BCUT2D eigenvalue weighted by Gasteiger charge is -2.08. The number of benzene rings is 2. The molecule has 3 aromatic rings. The van der Waals surface area contributed by atoms with Gasteiger partial charge in [0, 0.05) is 23.5 Å². The molecule has 2 aromatic carbocycles. The van der Waals surface area contributed by atoms with Crippen LogP contribution in [0.2, 0.25) is 5.02 Å². The fourth-order valence-electron chi connectivity index (χ4n) is 2.15. The number of carbonyl (C=O) groups excluding carboxylic acids is 1. The fraction of sp³-hybridized carbons (Fsp3) is 0.0556. The first-order valence-electron chi connectivity index (χ1n) is 7.49. The first-order chi connectivity index (χ1) is 12.1. The minimum Gasteiger partial charge on any atom is -0.350 e. The molecule has 0 aliphatic rings. The summed E-state index contributed by atoms with van der Waals surface area (Å²) in [5, 5.41) is 6.25. The van der Waals surface area contributed by atoms with E-state index in [9.17, 15) is 9.18 Å². The predicted molar refractivity (Wildman–Crippen MR) is 95.2 cm³/mol. The molecule has 0 fully saturated rings. The van der Waals surface area contributed by atoms with Crippen LogP contribution in [-0.4, -0.2) is 15.9 Å². The molecule has 0 spiro atoms. The average molecular weight is 357 g/mol. The van der Waals surface area contributed by atoms with Crippen LogP contribution < -0.4 is 10.6 Å². The van der Waals surface area contributed by atoms with Crippen LogP contribution in [0, 0.1) is 5.82 Å². The van der Waals surface area contributed by atoms with Crippen molar-refractivity contribution in [1.82, 2.24) is 9.97 Å². The lowest BCUT2D eigenvalue weighted by molar-refractivity contribution is 0.102. The van der Waals surface area contributed by atoms with Gasteiger partial charge in [-0.15, -0.1) is 0 Å². The zero-order valence-electron chi connectivity index (χ0n) is 13.0. The monoisotopic (exact) mass is 356 g/mol. The number of nitrogens with one attached hydrogen (secondary N) is 2. The highest BCUT2D eigenvalue weighted by atomic mass is 35.5. The minimum atomic E-state index is -0.450. The second-order valence-corrected chi connectivity index (χ2v) is 5.58. The van der Waals surface area contributed by atoms with Crippen molar-refractivity contribution >= 4 is 29.1 Å². The SMILES string of the molecule is O=C(Nc1cccc(F)c1)c1ccnc(NCc2ccccc2Cl)n1. The molecule has 0 unspecified atom stereocenters. The van der Waals surface area contributed by atoms with Crippen molar-refractivity contribution in [3.63, 3.8) is 0 Å². The van der Waals surface area contributed by atoms with Crippen LogP contribution >= 0.6 is 11.6 Å². The Kier molecular flexibility index (Phi) is 5.20. The van der Waals surface area contributed by atoms with Gasteiger partial charge in [-0.2, -0.15) is 0 Å². The van der Waals surface area contributed by atoms with E-state index in [2.05, 4.69) is 20.6 Å². The van der Waals surface area contributed by atoms with Crippen LogP contribution in [0.25, 0.3) is 0 Å². The van der Waals surface area contributed by atoms with Gasteiger partial charge in [0.25, 0.3) is 5.91 Å². The highest BCUT2D eigenvalue weighted by Crippen LogP contribution is 2.16. The standard InChI is InChI=1S/C18H14ClFN4O/c19-15-7-2-1-4-12(15)11-22-18-21-9-8-16(24-18)17(25)23-14-6-3-5-13(20)10-14/h1-10H,11H2,(H,23,25)(H,21,22,24). The number of halogens is 2. The number of hydrogen-bond donors (Lipinski definition) is 2. The van der Waals surface area contributed by atoms with Crippen molar-refractivity contribution in [3.8, 4) is 0 Å². The molecule has 5 nitrogen and oxygen atoms in total. The van der Waals surface area contributed by atoms with Crippen LogP contribution in [0.3, 0.4) is 0 Å². The molecule has 0 radical (unpaired) electrons. The number of aromatic nitrogens is 2. The molecule has 2 N–H and O–H groups in total. The fourth-order valence-corrected chi connectivity index (χ4v) is 2.35. The Bertz CT molecular complexity index is 904. The molecule has 1 heterocycles. The van der Waals surface area contributed by atoms with Crippen molar-refractivity contribution in [3.05, 3.63) is 82.9 Å². The van der Waals surface area contributed by atoms with Crippen molar-refractivity contribution in [2.24, 2.45) is 0 Å². The molecule has 1 amide bonds. The Hall–Kier alpha value is -2.99. The molecule has 0 atom stereocenters. The Morgan fingerprint density at radius 1 is 1.12 bits per heavy atom. The largest absolute Gasteiger partial charge is 0.350 e. The highest BCUT2D eigenvalue weighted by molar-refractivity contribution is 6.31. The van der Waals surface area contributed by atoms with E-state index in [1.807, 2.05) is 18.2 Å². The van der Waals surface area contributed by atoms with Gasteiger partial charge >= 0.3 is 0 Å². The van der Waals surface area contributed by atoms with Crippen molar-refractivity contribution in [2.75, 3.05) is 10.6 Å². The predicted octanol–water partition coefficient (Wildman–Crippen LogP) is 4.13. The molecular weight excluding hydrogens is 343 g/mol. The third kappa shape index (κ3) is 4.51. The van der Waals surface area contributed by atoms with Gasteiger partial charge < -0.3 is 10.6 Å². The van der Waals surface area contributed by atoms with Crippen LogP contribution in [-0.2, 0) is 6.54 Å². The van der Waals surface area contributed by atoms with Gasteiger partial charge in [0.2, 0.25) is 5.95 Å². The highest BCUT2D eigenvalue weighted by Gasteiger charge is 2.10. The Labute approximate surface area is 148 Å². The van der Waals surface area contributed by atoms with Gasteiger partial charge in [0.1, 0.15) is 11.5 Å². The van der Waals surface area contributed by atoms with Gasteiger partial charge in [-0.05, 0) is 35.9 Å². The zero-order chi connectivity index (χ0) is 17.6. The van der Waals surface area contributed by atoms with Crippen LogP contribution in [0.5, 0.6) is 0 Å². The van der Waals surface area contributed by atoms with Gasteiger partial charge in [-0.3, -0.25) is 4.79 Å². The summed E-state index contributed by atoms with van der Waals surface area (Å²) in [4.78, 5) is 20.5. The second-order valence-electron chi connectivity index (χ2n) is 5.17. The molecule has 1 aromatic heterocycles. The van der Waals surface area contributed by atoms with Crippen LogP contribution in [0.4, 0.5) is 16.0 Å². The molecule has 0 saturated heterocycles. The first kappa shape index (κ1) is 16.9. The van der Waals surface area contributed by atoms with Gasteiger partial charge in [-0.25, -0.2) is 14.4 Å². The summed E-state index contributed by atoms with van der Waals surface area (Å²) < 4.78 is 13.2. The van der Waals surface area contributed by atoms with Gasteiger partial charge in [-0.1, -0.05) is 35.9 Å². The average Bonchev–Trinajstić information content (AvgIpc) is 2.61. The molecule has 3 rings (SSSR count). The topological polar surface area (TPSA) is 66.9 Å². The Morgan fingerprint density at radius 3 is 2.76 bits per heavy atom. The first-order valence-corrected chi connectivity index (χ1v) is 7.87. The van der Waals surface area contributed by atoms with Crippen molar-refractivity contribution in [1.29, 1.82) is 0 Å². The summed E-state index contributed by atoms with van der Waals surface area (Å²) in [7, 11) is 0. The van der Waals surface area contributed by atoms with E-state index in [0.717, 1.165) is 5.56 Å². The zero-order valence-corrected chi connectivity index (χ0v) is 13.8. The number of carbonyl (C=O) groups is 1. The summed E-state index contributed by atoms with van der Waals surface area (Å²) in [6, 6.07) is 14.5. The maximum Gasteiger partial charge on any atom is 0.274 e. The van der Waals surface area contributed by atoms with E-state index in [0.29, 0.717) is 23.2 Å². The van der Waals surface area contributed by atoms with E-state index in [1.165, 1.54) is 30.5 Å².